The van der Waals surface area contributed by atoms with Crippen molar-refractivity contribution in [1.29, 1.82) is 0 Å². The van der Waals surface area contributed by atoms with E-state index < -0.39 is 11.8 Å². The van der Waals surface area contributed by atoms with E-state index in [-0.39, 0.29) is 17.9 Å². The monoisotopic (exact) mass is 276 g/mol. The molecule has 2 aromatic rings. The second-order valence-electron chi connectivity index (χ2n) is 4.76. The molecule has 0 amide bonds. The van der Waals surface area contributed by atoms with Crippen molar-refractivity contribution in [3.05, 3.63) is 47.8 Å². The smallest absolute Gasteiger partial charge is 0.339 e. The Morgan fingerprint density at radius 3 is 3.00 bits per heavy atom. The number of aromatic carboxylic acids is 1. The number of carboxylic acids is 1. The van der Waals surface area contributed by atoms with Crippen molar-refractivity contribution in [2.45, 2.75) is 25.5 Å². The highest BCUT2D eigenvalue weighted by Crippen LogP contribution is 2.35. The summed E-state index contributed by atoms with van der Waals surface area (Å²) >= 11 is 0. The van der Waals surface area contributed by atoms with Crippen molar-refractivity contribution >= 4 is 5.97 Å². The van der Waals surface area contributed by atoms with Gasteiger partial charge in [0.2, 0.25) is 0 Å². The summed E-state index contributed by atoms with van der Waals surface area (Å²) in [5.41, 5.74) is 0.803. The van der Waals surface area contributed by atoms with E-state index in [2.05, 4.69) is 4.98 Å². The Bertz CT molecular complexity index is 650. The van der Waals surface area contributed by atoms with Crippen molar-refractivity contribution in [2.24, 2.45) is 0 Å². The first-order valence-corrected chi connectivity index (χ1v) is 6.31. The number of imidazole rings is 1. The summed E-state index contributed by atoms with van der Waals surface area (Å²) in [6.45, 7) is 0.167. The molecule has 0 bridgehead atoms. The summed E-state index contributed by atoms with van der Waals surface area (Å²) in [5.74, 6) is -1.64. The predicted molar refractivity (Wildman–Crippen MR) is 68.2 cm³/mol. The van der Waals surface area contributed by atoms with E-state index in [1.54, 1.807) is 12.5 Å². The normalized spacial score (nSPS) is 14.2. The van der Waals surface area contributed by atoms with E-state index >= 15 is 0 Å². The van der Waals surface area contributed by atoms with Gasteiger partial charge in [0.1, 0.15) is 23.7 Å². The van der Waals surface area contributed by atoms with E-state index in [1.165, 1.54) is 6.07 Å². The minimum absolute atomic E-state index is 0.0287. The minimum Gasteiger partial charge on any atom is -0.486 e. The standard InChI is InChI=1S/C14H13FN2O3/c15-9-1-4-12(14(18)19)13(5-9)20-7-11-6-16-8-17(11)10-2-3-10/h1,4-6,8,10H,2-3,7H2,(H,18,19). The van der Waals surface area contributed by atoms with Gasteiger partial charge in [-0.1, -0.05) is 0 Å². The molecule has 6 heteroatoms. The van der Waals surface area contributed by atoms with Gasteiger partial charge < -0.3 is 14.4 Å². The molecule has 0 radical (unpaired) electrons. The summed E-state index contributed by atoms with van der Waals surface area (Å²) < 4.78 is 20.7. The molecule has 0 saturated heterocycles. The molecule has 0 aliphatic heterocycles. The predicted octanol–water partition coefficient (Wildman–Crippen LogP) is 2.63. The van der Waals surface area contributed by atoms with E-state index in [4.69, 9.17) is 9.84 Å². The van der Waals surface area contributed by atoms with Crippen molar-refractivity contribution < 1.29 is 19.0 Å². The van der Waals surface area contributed by atoms with Crippen LogP contribution in [0.25, 0.3) is 0 Å². The molecule has 1 heterocycles. The second kappa shape index (κ2) is 4.96. The van der Waals surface area contributed by atoms with Gasteiger partial charge in [0.05, 0.1) is 18.2 Å². The van der Waals surface area contributed by atoms with Crippen LogP contribution in [0.2, 0.25) is 0 Å². The van der Waals surface area contributed by atoms with Gasteiger partial charge in [-0.25, -0.2) is 14.2 Å². The topological polar surface area (TPSA) is 64.3 Å². The van der Waals surface area contributed by atoms with Crippen LogP contribution in [0.3, 0.4) is 0 Å². The van der Waals surface area contributed by atoms with Crippen LogP contribution in [-0.2, 0) is 6.61 Å². The summed E-state index contributed by atoms with van der Waals surface area (Å²) in [4.78, 5) is 15.1. The Morgan fingerprint density at radius 1 is 1.50 bits per heavy atom. The molecule has 104 valence electrons. The summed E-state index contributed by atoms with van der Waals surface area (Å²) in [6.07, 6.45) is 5.64. The fraction of sp³-hybridized carbons (Fsp3) is 0.286. The van der Waals surface area contributed by atoms with Gasteiger partial charge in [0, 0.05) is 12.1 Å². The van der Waals surface area contributed by atoms with E-state index in [0.717, 1.165) is 30.7 Å². The van der Waals surface area contributed by atoms with Crippen LogP contribution in [0, 0.1) is 5.82 Å². The SMILES string of the molecule is O=C(O)c1ccc(F)cc1OCc1cncn1C1CC1. The fourth-order valence-electron chi connectivity index (χ4n) is 2.07. The zero-order chi connectivity index (χ0) is 14.1. The van der Waals surface area contributed by atoms with Crippen molar-refractivity contribution in [3.63, 3.8) is 0 Å². The number of nitrogens with zero attached hydrogens (tertiary/aromatic N) is 2. The molecule has 1 aromatic carbocycles. The number of carboxylic acid groups (broad SMARTS) is 1. The van der Waals surface area contributed by atoms with Crippen LogP contribution in [0.15, 0.2) is 30.7 Å². The van der Waals surface area contributed by atoms with Crippen LogP contribution in [0.1, 0.15) is 34.9 Å². The van der Waals surface area contributed by atoms with Crippen LogP contribution < -0.4 is 4.74 Å². The lowest BCUT2D eigenvalue weighted by atomic mass is 10.2. The lowest BCUT2D eigenvalue weighted by Gasteiger charge is -2.11. The fourth-order valence-corrected chi connectivity index (χ4v) is 2.07. The molecule has 5 nitrogen and oxygen atoms in total. The summed E-state index contributed by atoms with van der Waals surface area (Å²) in [7, 11) is 0. The Hall–Kier alpha value is -2.37. The molecule has 1 aliphatic rings. The summed E-state index contributed by atoms with van der Waals surface area (Å²) in [6, 6.07) is 3.85. The van der Waals surface area contributed by atoms with Crippen LogP contribution in [0.4, 0.5) is 4.39 Å². The van der Waals surface area contributed by atoms with Crippen LogP contribution in [-0.4, -0.2) is 20.6 Å². The lowest BCUT2D eigenvalue weighted by Crippen LogP contribution is -2.07. The number of hydrogen-bond acceptors (Lipinski definition) is 3. The van der Waals surface area contributed by atoms with Crippen molar-refractivity contribution in [1.82, 2.24) is 9.55 Å². The highest BCUT2D eigenvalue weighted by molar-refractivity contribution is 5.90. The molecular weight excluding hydrogens is 263 g/mol. The maximum Gasteiger partial charge on any atom is 0.339 e. The average molecular weight is 276 g/mol. The molecule has 0 unspecified atom stereocenters. The second-order valence-corrected chi connectivity index (χ2v) is 4.76. The molecule has 1 aromatic heterocycles. The Kier molecular flexibility index (Phi) is 3.14. The number of carbonyl (C=O) groups is 1. The summed E-state index contributed by atoms with van der Waals surface area (Å²) in [5, 5.41) is 9.05. The Balaban J connectivity index is 1.79. The first kappa shape index (κ1) is 12.7. The third kappa shape index (κ3) is 2.49. The highest BCUT2D eigenvalue weighted by atomic mass is 19.1. The van der Waals surface area contributed by atoms with Gasteiger partial charge in [-0.3, -0.25) is 0 Å². The molecule has 1 saturated carbocycles. The number of benzene rings is 1. The highest BCUT2D eigenvalue weighted by Gasteiger charge is 2.25. The van der Waals surface area contributed by atoms with Gasteiger partial charge in [0.25, 0.3) is 0 Å². The quantitative estimate of drug-likeness (QED) is 0.911. The van der Waals surface area contributed by atoms with Crippen LogP contribution >= 0.6 is 0 Å². The molecule has 1 N–H and O–H groups in total. The van der Waals surface area contributed by atoms with Crippen molar-refractivity contribution in [2.75, 3.05) is 0 Å². The molecule has 0 spiro atoms. The lowest BCUT2D eigenvalue weighted by molar-refractivity contribution is 0.0691. The molecule has 1 fully saturated rings. The molecule has 0 atom stereocenters. The van der Waals surface area contributed by atoms with E-state index in [0.29, 0.717) is 6.04 Å². The number of ether oxygens (including phenoxy) is 1. The average Bonchev–Trinajstić information content (AvgIpc) is 3.15. The van der Waals surface area contributed by atoms with Crippen molar-refractivity contribution in [3.8, 4) is 5.75 Å². The maximum absolute atomic E-state index is 13.2. The Morgan fingerprint density at radius 2 is 2.30 bits per heavy atom. The maximum atomic E-state index is 13.2. The third-order valence-electron chi connectivity index (χ3n) is 3.24. The van der Waals surface area contributed by atoms with Gasteiger partial charge >= 0.3 is 5.97 Å². The first-order chi connectivity index (χ1) is 9.65. The number of aromatic nitrogens is 2. The van der Waals surface area contributed by atoms with Gasteiger partial charge in [-0.15, -0.1) is 0 Å². The van der Waals surface area contributed by atoms with E-state index in [9.17, 15) is 9.18 Å². The minimum atomic E-state index is -1.14. The van der Waals surface area contributed by atoms with Gasteiger partial charge in [0.15, 0.2) is 0 Å². The zero-order valence-corrected chi connectivity index (χ0v) is 10.6. The number of rotatable bonds is 5. The number of hydrogen-bond donors (Lipinski definition) is 1. The van der Waals surface area contributed by atoms with Crippen LogP contribution in [0.5, 0.6) is 5.75 Å². The third-order valence-corrected chi connectivity index (χ3v) is 3.24. The first-order valence-electron chi connectivity index (χ1n) is 6.31. The largest absolute Gasteiger partial charge is 0.486 e. The van der Waals surface area contributed by atoms with E-state index in [1.807, 2.05) is 4.57 Å². The molecule has 3 rings (SSSR count). The molecular formula is C14H13FN2O3. The zero-order valence-electron chi connectivity index (χ0n) is 10.6. The van der Waals surface area contributed by atoms with Gasteiger partial charge in [-0.05, 0) is 25.0 Å². The molecule has 1 aliphatic carbocycles. The molecule has 20 heavy (non-hydrogen) atoms. The van der Waals surface area contributed by atoms with Gasteiger partial charge in [-0.2, -0.15) is 0 Å². The Labute approximate surface area is 114 Å². The number of halogens is 1.